The number of aryl methyl sites for hydroxylation is 1. The van der Waals surface area contributed by atoms with Gasteiger partial charge in [-0.1, -0.05) is 32.9 Å². The molecule has 0 saturated heterocycles. The quantitative estimate of drug-likeness (QED) is 0.891. The number of halogens is 1. The fraction of sp³-hybridized carbons (Fsp3) is 0.533. The summed E-state index contributed by atoms with van der Waals surface area (Å²) < 4.78 is 0.804. The Bertz CT molecular complexity index is 452. The van der Waals surface area contributed by atoms with E-state index in [0.29, 0.717) is 12.0 Å². The predicted octanol–water partition coefficient (Wildman–Crippen LogP) is 3.28. The Labute approximate surface area is 123 Å². The lowest BCUT2D eigenvalue weighted by Crippen LogP contribution is -2.34. The summed E-state index contributed by atoms with van der Waals surface area (Å²) in [5.74, 6) is -0.163. The molecule has 0 spiro atoms. The van der Waals surface area contributed by atoms with E-state index in [-0.39, 0.29) is 17.9 Å². The lowest BCUT2D eigenvalue weighted by Gasteiger charge is -2.22. The van der Waals surface area contributed by atoms with Crippen LogP contribution in [-0.4, -0.2) is 23.7 Å². The maximum absolute atomic E-state index is 12.0. The molecule has 0 radical (unpaired) electrons. The Morgan fingerprint density at radius 2 is 2.05 bits per heavy atom. The van der Waals surface area contributed by atoms with Gasteiger partial charge in [-0.05, 0) is 46.3 Å². The Kier molecular flexibility index (Phi) is 5.56. The number of amides is 1. The molecule has 0 aromatic heterocycles. The second kappa shape index (κ2) is 6.53. The van der Waals surface area contributed by atoms with Crippen LogP contribution in [0.15, 0.2) is 22.7 Å². The van der Waals surface area contributed by atoms with Gasteiger partial charge >= 0.3 is 0 Å². The molecule has 0 aliphatic carbocycles. The number of hydrogen-bond donors (Lipinski definition) is 2. The SMILES string of the molecule is Cc1cccc(C(=O)NCC(O)CC(C)(C)C)c1Br. The topological polar surface area (TPSA) is 49.3 Å². The number of nitrogens with one attached hydrogen (secondary N) is 1. The van der Waals surface area contributed by atoms with Gasteiger partial charge in [0.15, 0.2) is 0 Å². The van der Waals surface area contributed by atoms with E-state index in [2.05, 4.69) is 42.0 Å². The molecule has 1 amide bonds. The molecule has 106 valence electrons. The van der Waals surface area contributed by atoms with Crippen LogP contribution >= 0.6 is 15.9 Å². The second-order valence-corrected chi connectivity index (χ2v) is 6.86. The van der Waals surface area contributed by atoms with Crippen molar-refractivity contribution in [3.8, 4) is 0 Å². The molecule has 0 aliphatic heterocycles. The average molecular weight is 328 g/mol. The summed E-state index contributed by atoms with van der Waals surface area (Å²) in [6.07, 6.45) is 0.134. The maximum atomic E-state index is 12.0. The van der Waals surface area contributed by atoms with Gasteiger partial charge in [-0.3, -0.25) is 4.79 Å². The number of carbonyl (C=O) groups is 1. The molecule has 1 aromatic rings. The van der Waals surface area contributed by atoms with E-state index < -0.39 is 6.10 Å². The number of aliphatic hydroxyl groups excluding tert-OH is 1. The fourth-order valence-corrected chi connectivity index (χ4v) is 2.35. The van der Waals surface area contributed by atoms with Crippen LogP contribution in [0.25, 0.3) is 0 Å². The van der Waals surface area contributed by atoms with E-state index in [1.54, 1.807) is 6.07 Å². The number of carbonyl (C=O) groups excluding carboxylic acids is 1. The molecule has 1 atom stereocenters. The van der Waals surface area contributed by atoms with Gasteiger partial charge in [0.25, 0.3) is 5.91 Å². The third-order valence-electron chi connectivity index (χ3n) is 2.78. The minimum Gasteiger partial charge on any atom is -0.391 e. The van der Waals surface area contributed by atoms with Crippen molar-refractivity contribution in [2.45, 2.75) is 40.2 Å². The normalized spacial score (nSPS) is 13.2. The summed E-state index contributed by atoms with van der Waals surface area (Å²) in [5.41, 5.74) is 1.67. The van der Waals surface area contributed by atoms with Crippen molar-refractivity contribution >= 4 is 21.8 Å². The van der Waals surface area contributed by atoms with Crippen molar-refractivity contribution in [2.75, 3.05) is 6.54 Å². The van der Waals surface area contributed by atoms with Crippen LogP contribution in [0.3, 0.4) is 0 Å². The molecule has 0 aliphatic rings. The smallest absolute Gasteiger partial charge is 0.252 e. The highest BCUT2D eigenvalue weighted by Crippen LogP contribution is 2.22. The first kappa shape index (κ1) is 16.2. The molecule has 4 heteroatoms. The largest absolute Gasteiger partial charge is 0.391 e. The van der Waals surface area contributed by atoms with Gasteiger partial charge < -0.3 is 10.4 Å². The Morgan fingerprint density at radius 3 is 2.63 bits per heavy atom. The molecule has 0 heterocycles. The summed E-state index contributed by atoms with van der Waals surface area (Å²) in [4.78, 5) is 12.0. The standard InChI is InChI=1S/C15H22BrNO2/c1-10-6-5-7-12(13(10)16)14(19)17-9-11(18)8-15(2,3)4/h5-7,11,18H,8-9H2,1-4H3,(H,17,19). The molecule has 19 heavy (non-hydrogen) atoms. The molecule has 3 nitrogen and oxygen atoms in total. The zero-order chi connectivity index (χ0) is 14.6. The van der Waals surface area contributed by atoms with Crippen molar-refractivity contribution in [1.82, 2.24) is 5.32 Å². The summed E-state index contributed by atoms with van der Waals surface area (Å²) >= 11 is 3.41. The molecule has 1 rings (SSSR count). The number of hydrogen-bond acceptors (Lipinski definition) is 2. The van der Waals surface area contributed by atoms with Crippen molar-refractivity contribution in [3.63, 3.8) is 0 Å². The van der Waals surface area contributed by atoms with Crippen molar-refractivity contribution in [1.29, 1.82) is 0 Å². The monoisotopic (exact) mass is 327 g/mol. The highest BCUT2D eigenvalue weighted by atomic mass is 79.9. The first-order valence-corrected chi connectivity index (χ1v) is 7.21. The molecule has 1 aromatic carbocycles. The predicted molar refractivity (Wildman–Crippen MR) is 81.3 cm³/mol. The minimum atomic E-state index is -0.521. The van der Waals surface area contributed by atoms with E-state index in [1.165, 1.54) is 0 Å². The fourth-order valence-electron chi connectivity index (χ4n) is 1.91. The minimum absolute atomic E-state index is 0.0497. The van der Waals surface area contributed by atoms with Crippen LogP contribution < -0.4 is 5.32 Å². The Balaban J connectivity index is 2.59. The number of rotatable bonds is 4. The van der Waals surface area contributed by atoms with E-state index in [9.17, 15) is 9.90 Å². The molecule has 2 N–H and O–H groups in total. The summed E-state index contributed by atoms with van der Waals surface area (Å²) in [6, 6.07) is 5.55. The van der Waals surface area contributed by atoms with Gasteiger partial charge in [0.2, 0.25) is 0 Å². The van der Waals surface area contributed by atoms with Crippen LogP contribution in [-0.2, 0) is 0 Å². The van der Waals surface area contributed by atoms with Gasteiger partial charge in [-0.15, -0.1) is 0 Å². The maximum Gasteiger partial charge on any atom is 0.252 e. The molecular formula is C15H22BrNO2. The van der Waals surface area contributed by atoms with E-state index in [1.807, 2.05) is 19.1 Å². The molecule has 0 fully saturated rings. The highest BCUT2D eigenvalue weighted by molar-refractivity contribution is 9.10. The highest BCUT2D eigenvalue weighted by Gasteiger charge is 2.18. The van der Waals surface area contributed by atoms with Crippen LogP contribution in [0, 0.1) is 12.3 Å². The van der Waals surface area contributed by atoms with Crippen LogP contribution in [0.5, 0.6) is 0 Å². The first-order chi connectivity index (χ1) is 8.70. The van der Waals surface area contributed by atoms with Crippen LogP contribution in [0.2, 0.25) is 0 Å². The van der Waals surface area contributed by atoms with Gasteiger partial charge in [0, 0.05) is 11.0 Å². The van der Waals surface area contributed by atoms with E-state index in [4.69, 9.17) is 0 Å². The van der Waals surface area contributed by atoms with Crippen molar-refractivity contribution in [3.05, 3.63) is 33.8 Å². The van der Waals surface area contributed by atoms with Crippen LogP contribution in [0.1, 0.15) is 43.1 Å². The molecule has 1 unspecified atom stereocenters. The lowest BCUT2D eigenvalue weighted by atomic mass is 9.89. The van der Waals surface area contributed by atoms with E-state index >= 15 is 0 Å². The zero-order valence-corrected chi connectivity index (χ0v) is 13.5. The van der Waals surface area contributed by atoms with Crippen molar-refractivity contribution in [2.24, 2.45) is 5.41 Å². The average Bonchev–Trinajstić information content (AvgIpc) is 2.27. The second-order valence-electron chi connectivity index (χ2n) is 6.07. The number of aliphatic hydroxyl groups is 1. The Morgan fingerprint density at radius 1 is 1.42 bits per heavy atom. The summed E-state index contributed by atoms with van der Waals surface area (Å²) in [7, 11) is 0. The van der Waals surface area contributed by atoms with Crippen molar-refractivity contribution < 1.29 is 9.90 Å². The lowest BCUT2D eigenvalue weighted by molar-refractivity contribution is 0.0868. The van der Waals surface area contributed by atoms with Gasteiger partial charge in [0.1, 0.15) is 0 Å². The Hall–Kier alpha value is -0.870. The summed E-state index contributed by atoms with van der Waals surface area (Å²) in [5, 5.41) is 12.6. The molecule has 0 bridgehead atoms. The number of benzene rings is 1. The third kappa shape index (κ3) is 5.33. The third-order valence-corrected chi connectivity index (χ3v) is 3.84. The van der Waals surface area contributed by atoms with Gasteiger partial charge in [-0.2, -0.15) is 0 Å². The summed E-state index contributed by atoms with van der Waals surface area (Å²) in [6.45, 7) is 8.41. The molecule has 0 saturated carbocycles. The van der Waals surface area contributed by atoms with Crippen LogP contribution in [0.4, 0.5) is 0 Å². The molecular weight excluding hydrogens is 306 g/mol. The van der Waals surface area contributed by atoms with E-state index in [0.717, 1.165) is 10.0 Å². The van der Waals surface area contributed by atoms with Gasteiger partial charge in [0.05, 0.1) is 11.7 Å². The van der Waals surface area contributed by atoms with Gasteiger partial charge in [-0.25, -0.2) is 0 Å². The zero-order valence-electron chi connectivity index (χ0n) is 12.0. The first-order valence-electron chi connectivity index (χ1n) is 6.42.